The monoisotopic (exact) mass is 564 g/mol. The van der Waals surface area contributed by atoms with Gasteiger partial charge in [-0.2, -0.15) is 0 Å². The average Bonchev–Trinajstić information content (AvgIpc) is 2.18. The van der Waals surface area contributed by atoms with Crippen LogP contribution < -0.4 is 34.4 Å². The van der Waals surface area contributed by atoms with E-state index in [1.165, 1.54) is 0 Å². The van der Waals surface area contributed by atoms with Crippen molar-refractivity contribution < 1.29 is 0 Å². The molecule has 0 saturated heterocycles. The molecular formula is C6H27I3N6. The normalized spacial score (nSPS) is 6.00. The number of hydrogen-bond acceptors (Lipinski definition) is 6. The average molecular weight is 564 g/mol. The molecule has 0 rings (SSSR count). The molecule has 12 N–H and O–H groups in total. The molecule has 0 atom stereocenters. The molecule has 0 aliphatic heterocycles. The zero-order chi connectivity index (χ0) is 10.2. The molecule has 0 aromatic heterocycles. The Morgan fingerprint density at radius 1 is 0.333 bits per heavy atom. The number of rotatable bonds is 3. The van der Waals surface area contributed by atoms with Gasteiger partial charge in [0, 0.05) is 39.3 Å². The van der Waals surface area contributed by atoms with Gasteiger partial charge in [0.1, 0.15) is 0 Å². The molecule has 0 aromatic carbocycles. The van der Waals surface area contributed by atoms with Gasteiger partial charge in [-0.25, -0.2) is 0 Å². The van der Waals surface area contributed by atoms with Crippen LogP contribution in [0.15, 0.2) is 0 Å². The van der Waals surface area contributed by atoms with Crippen LogP contribution in [0.2, 0.25) is 0 Å². The SMILES string of the molecule is I.I.I.NCCN.NCCN.NCCN. The summed E-state index contributed by atoms with van der Waals surface area (Å²) in [6, 6.07) is 0. The lowest BCUT2D eigenvalue weighted by Gasteiger charge is -1.72. The quantitative estimate of drug-likeness (QED) is 0.231. The van der Waals surface area contributed by atoms with E-state index in [0.717, 1.165) is 0 Å². The summed E-state index contributed by atoms with van der Waals surface area (Å²) in [5.41, 5.74) is 29.4. The van der Waals surface area contributed by atoms with Gasteiger partial charge in [-0.15, -0.1) is 71.9 Å². The molecule has 0 fully saturated rings. The molecule has 0 amide bonds. The Kier molecular flexibility index (Phi) is 135. The first-order valence-corrected chi connectivity index (χ1v) is 3.95. The third-order valence-electron chi connectivity index (χ3n) is 0.500. The highest BCUT2D eigenvalue weighted by Crippen LogP contribution is 1.25. The Balaban J connectivity index is -0.0000000184. The maximum absolute atomic E-state index is 4.90. The summed E-state index contributed by atoms with van der Waals surface area (Å²) in [6.07, 6.45) is 0. The molecule has 15 heavy (non-hydrogen) atoms. The van der Waals surface area contributed by atoms with Crippen LogP contribution >= 0.6 is 71.9 Å². The van der Waals surface area contributed by atoms with Crippen molar-refractivity contribution in [3.8, 4) is 0 Å². The highest BCUT2D eigenvalue weighted by molar-refractivity contribution is 14.0. The molecule has 0 spiro atoms. The molecule has 6 nitrogen and oxygen atoms in total. The molecule has 0 aliphatic rings. The van der Waals surface area contributed by atoms with E-state index in [1.54, 1.807) is 0 Å². The summed E-state index contributed by atoms with van der Waals surface area (Å²) >= 11 is 0. The molecule has 0 aliphatic carbocycles. The largest absolute Gasteiger partial charge is 0.329 e. The molecule has 9 heteroatoms. The smallest absolute Gasteiger partial charge is 0.00461 e. The highest BCUT2D eigenvalue weighted by atomic mass is 127. The fourth-order valence-electron chi connectivity index (χ4n) is 0. The van der Waals surface area contributed by atoms with Crippen molar-refractivity contribution in [3.05, 3.63) is 0 Å². The van der Waals surface area contributed by atoms with Gasteiger partial charge in [0.05, 0.1) is 0 Å². The first-order valence-electron chi connectivity index (χ1n) is 3.95. The first-order chi connectivity index (χ1) is 5.74. The van der Waals surface area contributed by atoms with Crippen LogP contribution in [-0.4, -0.2) is 39.3 Å². The lowest BCUT2D eigenvalue weighted by Crippen LogP contribution is -2.11. The van der Waals surface area contributed by atoms with E-state index < -0.39 is 0 Å². The van der Waals surface area contributed by atoms with Crippen molar-refractivity contribution in [2.45, 2.75) is 0 Å². The summed E-state index contributed by atoms with van der Waals surface area (Å²) in [6.45, 7) is 3.58. The lowest BCUT2D eigenvalue weighted by molar-refractivity contribution is 0.976. The molecule has 102 valence electrons. The van der Waals surface area contributed by atoms with Crippen LogP contribution in [0.25, 0.3) is 0 Å². The van der Waals surface area contributed by atoms with Gasteiger partial charge >= 0.3 is 0 Å². The zero-order valence-electron chi connectivity index (χ0n) is 8.93. The maximum atomic E-state index is 4.90. The summed E-state index contributed by atoms with van der Waals surface area (Å²) < 4.78 is 0. The topological polar surface area (TPSA) is 156 Å². The summed E-state index contributed by atoms with van der Waals surface area (Å²) in [5.74, 6) is 0. The fraction of sp³-hybridized carbons (Fsp3) is 1.00. The minimum absolute atomic E-state index is 0. The van der Waals surface area contributed by atoms with Crippen LogP contribution in [0, 0.1) is 0 Å². The number of nitrogens with two attached hydrogens (primary N) is 6. The van der Waals surface area contributed by atoms with Crippen molar-refractivity contribution in [2.24, 2.45) is 34.4 Å². The Labute approximate surface area is 144 Å². The van der Waals surface area contributed by atoms with Gasteiger partial charge in [0.25, 0.3) is 0 Å². The lowest BCUT2D eigenvalue weighted by atomic mass is 10.7. The second-order valence-corrected chi connectivity index (χ2v) is 1.73. The Morgan fingerprint density at radius 2 is 0.400 bits per heavy atom. The molecular weight excluding hydrogens is 537 g/mol. The zero-order valence-corrected chi connectivity index (χ0v) is 15.9. The van der Waals surface area contributed by atoms with E-state index in [0.29, 0.717) is 39.3 Å². The Hall–Kier alpha value is 1.95. The predicted molar refractivity (Wildman–Crippen MR) is 101 cm³/mol. The van der Waals surface area contributed by atoms with E-state index in [9.17, 15) is 0 Å². The summed E-state index contributed by atoms with van der Waals surface area (Å²) in [5, 5.41) is 0. The van der Waals surface area contributed by atoms with Crippen LogP contribution in [0.3, 0.4) is 0 Å². The van der Waals surface area contributed by atoms with Gasteiger partial charge in [-0.1, -0.05) is 0 Å². The minimum atomic E-state index is 0. The van der Waals surface area contributed by atoms with Gasteiger partial charge in [0.2, 0.25) is 0 Å². The third kappa shape index (κ3) is 127. The molecule has 0 heterocycles. The van der Waals surface area contributed by atoms with Gasteiger partial charge in [-0.3, -0.25) is 0 Å². The third-order valence-corrected chi connectivity index (χ3v) is 0.500. The van der Waals surface area contributed by atoms with Gasteiger partial charge in [-0.05, 0) is 0 Å². The molecule has 0 radical (unpaired) electrons. The van der Waals surface area contributed by atoms with Crippen LogP contribution in [0.4, 0.5) is 0 Å². The second-order valence-electron chi connectivity index (χ2n) is 1.73. The molecule has 0 aromatic rings. The van der Waals surface area contributed by atoms with Gasteiger partial charge in [0.15, 0.2) is 0 Å². The number of halogens is 3. The summed E-state index contributed by atoms with van der Waals surface area (Å²) in [7, 11) is 0. The van der Waals surface area contributed by atoms with E-state index in [2.05, 4.69) is 0 Å². The summed E-state index contributed by atoms with van der Waals surface area (Å²) in [4.78, 5) is 0. The minimum Gasteiger partial charge on any atom is -0.329 e. The van der Waals surface area contributed by atoms with Crippen molar-refractivity contribution in [1.82, 2.24) is 0 Å². The fourth-order valence-corrected chi connectivity index (χ4v) is 0. The van der Waals surface area contributed by atoms with Gasteiger partial charge < -0.3 is 34.4 Å². The first kappa shape index (κ1) is 36.0. The van der Waals surface area contributed by atoms with E-state index in [4.69, 9.17) is 34.4 Å². The van der Waals surface area contributed by atoms with Crippen LogP contribution in [0.1, 0.15) is 0 Å². The van der Waals surface area contributed by atoms with E-state index >= 15 is 0 Å². The van der Waals surface area contributed by atoms with Crippen molar-refractivity contribution in [3.63, 3.8) is 0 Å². The van der Waals surface area contributed by atoms with Crippen LogP contribution in [-0.2, 0) is 0 Å². The van der Waals surface area contributed by atoms with Crippen molar-refractivity contribution >= 4 is 71.9 Å². The van der Waals surface area contributed by atoms with Crippen molar-refractivity contribution in [2.75, 3.05) is 39.3 Å². The van der Waals surface area contributed by atoms with E-state index in [-0.39, 0.29) is 71.9 Å². The van der Waals surface area contributed by atoms with Crippen LogP contribution in [0.5, 0.6) is 0 Å². The maximum Gasteiger partial charge on any atom is 0.00461 e. The number of hydrogen-bond donors (Lipinski definition) is 6. The Bertz CT molecular complexity index is 38.3. The van der Waals surface area contributed by atoms with E-state index in [1.807, 2.05) is 0 Å². The highest BCUT2D eigenvalue weighted by Gasteiger charge is 1.55. The Morgan fingerprint density at radius 3 is 0.400 bits per heavy atom. The molecule has 0 unspecified atom stereocenters. The predicted octanol–water partition coefficient (Wildman–Crippen LogP) is -1.43. The second kappa shape index (κ2) is 56.4. The molecule has 0 bridgehead atoms. The van der Waals surface area contributed by atoms with Crippen molar-refractivity contribution in [1.29, 1.82) is 0 Å². The molecule has 0 saturated carbocycles. The standard InChI is InChI=1S/3C2H8N2.3HI/c3*3-1-2-4;;;/h3*1-4H2;3*1H.